The number of alkyl halides is 4. The third-order valence-corrected chi connectivity index (χ3v) is 3.55. The summed E-state index contributed by atoms with van der Waals surface area (Å²) in [6.07, 6.45) is -2.00. The highest BCUT2D eigenvalue weighted by molar-refractivity contribution is 6.20. The van der Waals surface area contributed by atoms with Crippen molar-refractivity contribution in [2.75, 3.05) is 0 Å². The molecule has 1 unspecified atom stereocenters. The van der Waals surface area contributed by atoms with Crippen LogP contribution in [0.25, 0.3) is 0 Å². The molecule has 0 spiro atoms. The average Bonchev–Trinajstić information content (AvgIpc) is 2.29. The fourth-order valence-corrected chi connectivity index (χ4v) is 1.85. The summed E-state index contributed by atoms with van der Waals surface area (Å²) in [6.45, 7) is 4.14. The van der Waals surface area contributed by atoms with E-state index in [9.17, 15) is 13.2 Å². The van der Waals surface area contributed by atoms with Crippen LogP contribution in [0.15, 0.2) is 24.3 Å². The van der Waals surface area contributed by atoms with Crippen molar-refractivity contribution in [1.82, 2.24) is 0 Å². The van der Waals surface area contributed by atoms with E-state index in [4.69, 9.17) is 11.6 Å². The fourth-order valence-electron chi connectivity index (χ4n) is 1.69. The maximum Gasteiger partial charge on any atom is 0.573 e. The predicted molar refractivity (Wildman–Crippen MR) is 70.5 cm³/mol. The maximum absolute atomic E-state index is 12.0. The van der Waals surface area contributed by atoms with Crippen LogP contribution >= 0.6 is 11.6 Å². The Morgan fingerprint density at radius 3 is 2.21 bits per heavy atom. The van der Waals surface area contributed by atoms with E-state index in [2.05, 4.69) is 18.6 Å². The van der Waals surface area contributed by atoms with Gasteiger partial charge in [0.25, 0.3) is 0 Å². The summed E-state index contributed by atoms with van der Waals surface area (Å²) in [5, 5.41) is 0.146. The third kappa shape index (κ3) is 6.71. The molecule has 0 N–H and O–H groups in total. The van der Waals surface area contributed by atoms with Gasteiger partial charge in [0, 0.05) is 5.38 Å². The Morgan fingerprint density at radius 2 is 1.74 bits per heavy atom. The fraction of sp³-hybridized carbons (Fsp3) is 0.571. The van der Waals surface area contributed by atoms with Crippen molar-refractivity contribution in [1.29, 1.82) is 0 Å². The van der Waals surface area contributed by atoms with Crippen molar-refractivity contribution in [3.8, 4) is 5.75 Å². The molecule has 0 aliphatic rings. The molecule has 19 heavy (non-hydrogen) atoms. The number of halogens is 4. The Morgan fingerprint density at radius 1 is 1.16 bits per heavy atom. The van der Waals surface area contributed by atoms with Crippen molar-refractivity contribution < 1.29 is 17.9 Å². The minimum atomic E-state index is -4.63. The van der Waals surface area contributed by atoms with Gasteiger partial charge in [-0.2, -0.15) is 0 Å². The Hall–Kier alpha value is -0.900. The first-order chi connectivity index (χ1) is 8.78. The summed E-state index contributed by atoms with van der Waals surface area (Å²) < 4.78 is 39.7. The minimum Gasteiger partial charge on any atom is -0.406 e. The first-order valence-electron chi connectivity index (χ1n) is 6.26. The van der Waals surface area contributed by atoms with Crippen LogP contribution in [0.1, 0.15) is 32.3 Å². The molecule has 0 fully saturated rings. The molecule has 0 aliphatic carbocycles. The number of rotatable bonds is 6. The summed E-state index contributed by atoms with van der Waals surface area (Å²) in [5.41, 5.74) is 0.988. The van der Waals surface area contributed by atoms with Gasteiger partial charge in [-0.05, 0) is 42.9 Å². The molecule has 1 nitrogen and oxygen atoms in total. The van der Waals surface area contributed by atoms with Gasteiger partial charge in [-0.3, -0.25) is 0 Å². The largest absolute Gasteiger partial charge is 0.573 e. The quantitative estimate of drug-likeness (QED) is 0.658. The molecule has 1 atom stereocenters. The number of ether oxygens (including phenoxy) is 1. The Balaban J connectivity index is 2.40. The zero-order valence-electron chi connectivity index (χ0n) is 11.0. The highest BCUT2D eigenvalue weighted by Gasteiger charge is 2.30. The lowest BCUT2D eigenvalue weighted by molar-refractivity contribution is -0.274. The highest BCUT2D eigenvalue weighted by atomic mass is 35.5. The molecule has 0 saturated carbocycles. The maximum atomic E-state index is 12.0. The zero-order valence-corrected chi connectivity index (χ0v) is 11.8. The topological polar surface area (TPSA) is 9.23 Å². The molecule has 1 aromatic carbocycles. The molecule has 0 aromatic heterocycles. The second-order valence-electron chi connectivity index (χ2n) is 4.84. The minimum absolute atomic E-state index is 0.146. The van der Waals surface area contributed by atoms with Crippen LogP contribution in [0.5, 0.6) is 5.75 Å². The van der Waals surface area contributed by atoms with Crippen molar-refractivity contribution in [3.05, 3.63) is 29.8 Å². The molecule has 0 amide bonds. The van der Waals surface area contributed by atoms with Gasteiger partial charge < -0.3 is 4.74 Å². The normalized spacial score (nSPS) is 13.6. The van der Waals surface area contributed by atoms with Gasteiger partial charge in [0.15, 0.2) is 0 Å². The first-order valence-corrected chi connectivity index (χ1v) is 6.70. The lowest BCUT2D eigenvalue weighted by atomic mass is 10.0. The first kappa shape index (κ1) is 16.2. The van der Waals surface area contributed by atoms with Crippen LogP contribution in [0.3, 0.4) is 0 Å². The van der Waals surface area contributed by atoms with Crippen LogP contribution in [-0.4, -0.2) is 11.7 Å². The lowest BCUT2D eigenvalue weighted by Crippen LogP contribution is -2.17. The average molecular weight is 295 g/mol. The standard InChI is InChI=1S/C14H18ClF3O/c1-10(2)13(15)5-3-4-11-6-8-12(9-7-11)19-14(16,17)18/h6-10,13H,3-5H2,1-2H3. The van der Waals surface area contributed by atoms with Gasteiger partial charge in [-0.1, -0.05) is 26.0 Å². The molecule has 0 heterocycles. The van der Waals surface area contributed by atoms with Crippen molar-refractivity contribution >= 4 is 11.6 Å². The van der Waals surface area contributed by atoms with E-state index in [-0.39, 0.29) is 11.1 Å². The summed E-state index contributed by atoms with van der Waals surface area (Å²) in [7, 11) is 0. The van der Waals surface area contributed by atoms with Crippen LogP contribution in [0, 0.1) is 5.92 Å². The molecular formula is C14H18ClF3O. The molecule has 0 saturated heterocycles. The third-order valence-electron chi connectivity index (χ3n) is 2.83. The van der Waals surface area contributed by atoms with Gasteiger partial charge in [0.2, 0.25) is 0 Å². The number of aryl methyl sites for hydroxylation is 1. The molecule has 0 bridgehead atoms. The molecular weight excluding hydrogens is 277 g/mol. The van der Waals surface area contributed by atoms with E-state index in [0.29, 0.717) is 5.92 Å². The number of hydrogen-bond acceptors (Lipinski definition) is 1. The van der Waals surface area contributed by atoms with E-state index in [1.165, 1.54) is 12.1 Å². The second kappa shape index (κ2) is 7.04. The molecule has 108 valence electrons. The lowest BCUT2D eigenvalue weighted by Gasteiger charge is -2.13. The van der Waals surface area contributed by atoms with Crippen molar-refractivity contribution in [2.24, 2.45) is 5.92 Å². The van der Waals surface area contributed by atoms with Crippen LogP contribution in [0.4, 0.5) is 13.2 Å². The van der Waals surface area contributed by atoms with Gasteiger partial charge in [-0.15, -0.1) is 24.8 Å². The number of hydrogen-bond donors (Lipinski definition) is 0. The second-order valence-corrected chi connectivity index (χ2v) is 5.40. The molecule has 0 aliphatic heterocycles. The van der Waals surface area contributed by atoms with Gasteiger partial charge in [-0.25, -0.2) is 0 Å². The van der Waals surface area contributed by atoms with Gasteiger partial charge in [0.05, 0.1) is 0 Å². The Kier molecular flexibility index (Phi) is 5.98. The van der Waals surface area contributed by atoms with Crippen molar-refractivity contribution in [3.63, 3.8) is 0 Å². The Labute approximate surface area is 116 Å². The SMILES string of the molecule is CC(C)C(Cl)CCCc1ccc(OC(F)(F)F)cc1. The molecule has 1 aromatic rings. The van der Waals surface area contributed by atoms with Gasteiger partial charge >= 0.3 is 6.36 Å². The van der Waals surface area contributed by atoms with E-state index in [1.54, 1.807) is 12.1 Å². The summed E-state index contributed by atoms with van der Waals surface area (Å²) in [4.78, 5) is 0. The zero-order chi connectivity index (χ0) is 14.5. The molecule has 1 rings (SSSR count). The monoisotopic (exact) mass is 294 g/mol. The van der Waals surface area contributed by atoms with Crippen molar-refractivity contribution in [2.45, 2.75) is 44.8 Å². The van der Waals surface area contributed by atoms with E-state index in [1.807, 2.05) is 0 Å². The van der Waals surface area contributed by atoms with E-state index >= 15 is 0 Å². The Bertz CT molecular complexity index is 373. The summed E-state index contributed by atoms with van der Waals surface area (Å²) in [6, 6.07) is 5.98. The molecule has 0 radical (unpaired) electrons. The summed E-state index contributed by atoms with van der Waals surface area (Å²) in [5.74, 6) is 0.248. The van der Waals surface area contributed by atoms with E-state index < -0.39 is 6.36 Å². The number of benzene rings is 1. The van der Waals surface area contributed by atoms with E-state index in [0.717, 1.165) is 24.8 Å². The smallest absolute Gasteiger partial charge is 0.406 e. The summed E-state index contributed by atoms with van der Waals surface area (Å²) >= 11 is 6.13. The van der Waals surface area contributed by atoms with Crippen LogP contribution < -0.4 is 4.74 Å². The van der Waals surface area contributed by atoms with Gasteiger partial charge in [0.1, 0.15) is 5.75 Å². The van der Waals surface area contributed by atoms with Crippen LogP contribution in [-0.2, 0) is 6.42 Å². The highest BCUT2D eigenvalue weighted by Crippen LogP contribution is 2.23. The predicted octanol–water partition coefficient (Wildman–Crippen LogP) is 5.17. The van der Waals surface area contributed by atoms with Crippen LogP contribution in [0.2, 0.25) is 0 Å². The molecule has 5 heteroatoms.